The summed E-state index contributed by atoms with van der Waals surface area (Å²) in [6.45, 7) is 0.524. The first-order chi connectivity index (χ1) is 12.1. The van der Waals surface area contributed by atoms with Crippen molar-refractivity contribution < 1.29 is 9.59 Å². The van der Waals surface area contributed by atoms with Crippen molar-refractivity contribution in [1.82, 2.24) is 19.7 Å². The third-order valence-corrected chi connectivity index (χ3v) is 4.34. The van der Waals surface area contributed by atoms with Gasteiger partial charge in [-0.1, -0.05) is 6.07 Å². The van der Waals surface area contributed by atoms with Gasteiger partial charge in [0.15, 0.2) is 0 Å². The maximum atomic E-state index is 12.5. The zero-order valence-electron chi connectivity index (χ0n) is 13.2. The molecule has 2 aromatic rings. The number of nitrogens with one attached hydrogen (secondary N) is 1. The van der Waals surface area contributed by atoms with Gasteiger partial charge in [0, 0.05) is 12.7 Å². The van der Waals surface area contributed by atoms with E-state index < -0.39 is 6.04 Å². The highest BCUT2D eigenvalue weighted by molar-refractivity contribution is 9.10. The fourth-order valence-electron chi connectivity index (χ4n) is 2.76. The molecule has 1 N–H and O–H groups in total. The molecule has 3 rings (SSSR count). The van der Waals surface area contributed by atoms with Crippen LogP contribution in [0.4, 0.5) is 5.82 Å². The van der Waals surface area contributed by atoms with E-state index in [2.05, 4.69) is 31.3 Å². The first kappa shape index (κ1) is 17.1. The molecule has 3 heterocycles. The number of carbonyl (C=O) groups excluding carboxylic acids is 2. The lowest BCUT2D eigenvalue weighted by Gasteiger charge is -2.23. The Bertz CT molecular complexity index is 843. The van der Waals surface area contributed by atoms with Gasteiger partial charge in [-0.3, -0.25) is 14.3 Å². The molecule has 25 heavy (non-hydrogen) atoms. The monoisotopic (exact) mass is 402 g/mol. The number of amides is 2. The van der Waals surface area contributed by atoms with Crippen molar-refractivity contribution in [2.24, 2.45) is 0 Å². The minimum absolute atomic E-state index is 0.000590. The molecule has 1 aliphatic heterocycles. The molecular formula is C16H15BrN6O2. The smallest absolute Gasteiger partial charge is 0.248 e. The van der Waals surface area contributed by atoms with Gasteiger partial charge in [0.25, 0.3) is 0 Å². The molecule has 1 saturated heterocycles. The molecule has 1 aliphatic rings. The van der Waals surface area contributed by atoms with E-state index in [9.17, 15) is 9.59 Å². The van der Waals surface area contributed by atoms with Crippen molar-refractivity contribution in [2.45, 2.75) is 25.4 Å². The summed E-state index contributed by atoms with van der Waals surface area (Å²) in [5, 5.41) is 15.5. The van der Waals surface area contributed by atoms with Crippen molar-refractivity contribution in [1.29, 1.82) is 5.26 Å². The van der Waals surface area contributed by atoms with E-state index in [1.165, 1.54) is 17.1 Å². The molecular weight excluding hydrogens is 388 g/mol. The van der Waals surface area contributed by atoms with Gasteiger partial charge in [0.1, 0.15) is 29.1 Å². The molecule has 0 saturated carbocycles. The third-order valence-electron chi connectivity index (χ3n) is 3.90. The normalized spacial score (nSPS) is 16.5. The molecule has 0 aliphatic carbocycles. The van der Waals surface area contributed by atoms with Crippen LogP contribution in [0.25, 0.3) is 0 Å². The molecule has 1 fully saturated rings. The van der Waals surface area contributed by atoms with Crippen molar-refractivity contribution in [2.75, 3.05) is 11.9 Å². The van der Waals surface area contributed by atoms with E-state index in [-0.39, 0.29) is 18.4 Å². The van der Waals surface area contributed by atoms with Gasteiger partial charge in [0.2, 0.25) is 11.8 Å². The van der Waals surface area contributed by atoms with Crippen LogP contribution in [0.5, 0.6) is 0 Å². The largest absolute Gasteiger partial charge is 0.329 e. The number of nitrogens with zero attached hydrogens (tertiary/aromatic N) is 5. The number of anilines is 1. The molecule has 128 valence electrons. The first-order valence-electron chi connectivity index (χ1n) is 7.72. The zero-order chi connectivity index (χ0) is 17.8. The topological polar surface area (TPSA) is 104 Å². The third kappa shape index (κ3) is 4.03. The summed E-state index contributed by atoms with van der Waals surface area (Å²) in [6, 6.07) is 6.67. The Morgan fingerprint density at radius 3 is 3.00 bits per heavy atom. The molecule has 0 unspecified atom stereocenters. The van der Waals surface area contributed by atoms with E-state index in [1.54, 1.807) is 23.1 Å². The minimum atomic E-state index is -0.528. The van der Waals surface area contributed by atoms with Crippen LogP contribution in [0, 0.1) is 11.3 Å². The number of likely N-dealkylation sites (tertiary alicyclic amines) is 1. The lowest BCUT2D eigenvalue weighted by Crippen LogP contribution is -2.44. The van der Waals surface area contributed by atoms with E-state index in [1.807, 2.05) is 6.07 Å². The van der Waals surface area contributed by atoms with Crippen LogP contribution in [-0.4, -0.2) is 44.1 Å². The number of rotatable bonds is 4. The van der Waals surface area contributed by atoms with E-state index in [4.69, 9.17) is 5.26 Å². The van der Waals surface area contributed by atoms with Gasteiger partial charge in [-0.2, -0.15) is 10.4 Å². The molecule has 0 spiro atoms. The van der Waals surface area contributed by atoms with Crippen LogP contribution < -0.4 is 5.32 Å². The highest BCUT2D eigenvalue weighted by Crippen LogP contribution is 2.20. The second kappa shape index (κ2) is 7.44. The lowest BCUT2D eigenvalue weighted by molar-refractivity contribution is -0.137. The number of nitriles is 1. The van der Waals surface area contributed by atoms with Crippen molar-refractivity contribution in [3.05, 3.63) is 40.8 Å². The van der Waals surface area contributed by atoms with Crippen molar-refractivity contribution in [3.63, 3.8) is 0 Å². The Kier molecular flexibility index (Phi) is 5.09. The second-order valence-electron chi connectivity index (χ2n) is 5.62. The van der Waals surface area contributed by atoms with Crippen LogP contribution in [0.1, 0.15) is 18.4 Å². The number of pyridine rings is 1. The molecule has 0 bridgehead atoms. The Balaban J connectivity index is 1.66. The molecule has 8 nitrogen and oxygen atoms in total. The zero-order valence-corrected chi connectivity index (χ0v) is 14.8. The number of carbonyl (C=O) groups is 2. The number of hydrogen-bond donors (Lipinski definition) is 1. The maximum Gasteiger partial charge on any atom is 0.248 e. The Hall–Kier alpha value is -2.73. The van der Waals surface area contributed by atoms with Gasteiger partial charge < -0.3 is 10.2 Å². The fraction of sp³-hybridized carbons (Fsp3) is 0.312. The van der Waals surface area contributed by atoms with Crippen LogP contribution in [0.15, 0.2) is 35.2 Å². The summed E-state index contributed by atoms with van der Waals surface area (Å²) >= 11 is 3.26. The molecule has 1 atom stereocenters. The summed E-state index contributed by atoms with van der Waals surface area (Å²) in [7, 11) is 0. The van der Waals surface area contributed by atoms with E-state index in [0.29, 0.717) is 29.0 Å². The van der Waals surface area contributed by atoms with Crippen LogP contribution in [0.3, 0.4) is 0 Å². The Morgan fingerprint density at radius 1 is 1.44 bits per heavy atom. The summed E-state index contributed by atoms with van der Waals surface area (Å²) in [4.78, 5) is 30.8. The van der Waals surface area contributed by atoms with Crippen LogP contribution >= 0.6 is 15.9 Å². The van der Waals surface area contributed by atoms with Crippen LogP contribution in [0.2, 0.25) is 0 Å². The summed E-state index contributed by atoms with van der Waals surface area (Å²) in [5.41, 5.74) is 0.393. The molecule has 0 aromatic carbocycles. The average Bonchev–Trinajstić information content (AvgIpc) is 3.23. The summed E-state index contributed by atoms with van der Waals surface area (Å²) < 4.78 is 2.03. The fourth-order valence-corrected chi connectivity index (χ4v) is 3.11. The number of halogens is 1. The Labute approximate surface area is 152 Å². The predicted octanol–water partition coefficient (Wildman–Crippen LogP) is 1.54. The molecule has 2 aromatic heterocycles. The molecule has 9 heteroatoms. The SMILES string of the molecule is N#Cc1cnn(CC(=O)N2CCC[C@H]2C(=O)Nc2cccc(Br)n2)c1. The first-order valence-corrected chi connectivity index (χ1v) is 8.51. The standard InChI is InChI=1S/C16H15BrN6O2/c17-13-4-1-5-14(20-13)21-16(25)12-3-2-6-23(12)15(24)10-22-9-11(7-18)8-19-22/h1,4-5,8-9,12H,2-3,6,10H2,(H,20,21,25)/t12-/m0/s1. The highest BCUT2D eigenvalue weighted by atomic mass is 79.9. The summed E-state index contributed by atoms with van der Waals surface area (Å²) in [6.07, 6.45) is 4.28. The van der Waals surface area contributed by atoms with E-state index in [0.717, 1.165) is 6.42 Å². The van der Waals surface area contributed by atoms with Crippen molar-refractivity contribution in [3.8, 4) is 6.07 Å². The summed E-state index contributed by atoms with van der Waals surface area (Å²) in [5.74, 6) is -0.0218. The lowest BCUT2D eigenvalue weighted by atomic mass is 10.2. The quantitative estimate of drug-likeness (QED) is 0.780. The number of aromatic nitrogens is 3. The van der Waals surface area contributed by atoms with Crippen molar-refractivity contribution >= 4 is 33.6 Å². The number of hydrogen-bond acceptors (Lipinski definition) is 5. The predicted molar refractivity (Wildman–Crippen MR) is 92.2 cm³/mol. The average molecular weight is 403 g/mol. The van der Waals surface area contributed by atoms with Gasteiger partial charge in [-0.05, 0) is 40.9 Å². The Morgan fingerprint density at radius 2 is 2.28 bits per heavy atom. The minimum Gasteiger partial charge on any atom is -0.329 e. The van der Waals surface area contributed by atoms with Crippen LogP contribution in [-0.2, 0) is 16.1 Å². The molecule has 2 amide bonds. The maximum absolute atomic E-state index is 12.5. The van der Waals surface area contributed by atoms with Gasteiger partial charge in [0.05, 0.1) is 11.8 Å². The van der Waals surface area contributed by atoms with E-state index >= 15 is 0 Å². The molecule has 0 radical (unpaired) electrons. The van der Waals surface area contributed by atoms with Gasteiger partial charge >= 0.3 is 0 Å². The van der Waals surface area contributed by atoms with Gasteiger partial charge in [-0.15, -0.1) is 0 Å². The second-order valence-corrected chi connectivity index (χ2v) is 6.43. The van der Waals surface area contributed by atoms with Gasteiger partial charge in [-0.25, -0.2) is 4.98 Å². The highest BCUT2D eigenvalue weighted by Gasteiger charge is 2.34.